The van der Waals surface area contributed by atoms with Gasteiger partial charge in [0.2, 0.25) is 11.8 Å². The Morgan fingerprint density at radius 1 is 1.19 bits per heavy atom. The lowest BCUT2D eigenvalue weighted by atomic mass is 10.2. The van der Waals surface area contributed by atoms with Crippen LogP contribution in [0.1, 0.15) is 0 Å². The average molecular weight is 385 g/mol. The first-order valence-electron chi connectivity index (χ1n) is 7.62. The first-order valence-corrected chi connectivity index (χ1v) is 8.98. The molecule has 0 spiro atoms. The van der Waals surface area contributed by atoms with Gasteiger partial charge < -0.3 is 4.42 Å². The van der Waals surface area contributed by atoms with Gasteiger partial charge in [-0.2, -0.15) is 5.26 Å². The lowest BCUT2D eigenvalue weighted by Gasteiger charge is -2.18. The van der Waals surface area contributed by atoms with Crippen molar-refractivity contribution >= 4 is 35.0 Å². The summed E-state index contributed by atoms with van der Waals surface area (Å²) in [5.41, 5.74) is 1.38. The molecule has 1 heterocycles. The van der Waals surface area contributed by atoms with Gasteiger partial charge in [-0.05, 0) is 30.3 Å². The molecule has 8 heteroatoms. The van der Waals surface area contributed by atoms with Crippen LogP contribution in [-0.4, -0.2) is 28.4 Å². The minimum Gasteiger partial charge on any atom is -0.411 e. The SMILES string of the molecule is N#CCN(C(=O)CSc1nnc(-c2cccc(Cl)c2)o1)c1ccccc1. The summed E-state index contributed by atoms with van der Waals surface area (Å²) in [6.07, 6.45) is 0. The number of carbonyl (C=O) groups is 1. The molecule has 0 aliphatic carbocycles. The molecule has 0 saturated carbocycles. The second-order valence-electron chi connectivity index (χ2n) is 5.15. The first kappa shape index (κ1) is 18.0. The maximum Gasteiger partial charge on any atom is 0.277 e. The van der Waals surface area contributed by atoms with Crippen molar-refractivity contribution in [3.63, 3.8) is 0 Å². The van der Waals surface area contributed by atoms with Gasteiger partial charge in [-0.3, -0.25) is 9.69 Å². The fraction of sp³-hybridized carbons (Fsp3) is 0.111. The largest absolute Gasteiger partial charge is 0.411 e. The Labute approximate surface area is 159 Å². The van der Waals surface area contributed by atoms with Crippen LogP contribution in [0.15, 0.2) is 64.2 Å². The van der Waals surface area contributed by atoms with E-state index in [1.165, 1.54) is 4.90 Å². The van der Waals surface area contributed by atoms with Gasteiger partial charge in [0.1, 0.15) is 6.54 Å². The van der Waals surface area contributed by atoms with Crippen LogP contribution in [0, 0.1) is 11.3 Å². The Balaban J connectivity index is 1.67. The summed E-state index contributed by atoms with van der Waals surface area (Å²) in [7, 11) is 0. The number of benzene rings is 2. The molecule has 3 rings (SSSR count). The number of anilines is 1. The minimum absolute atomic E-state index is 0.0268. The molecule has 0 saturated heterocycles. The highest BCUT2D eigenvalue weighted by molar-refractivity contribution is 7.99. The van der Waals surface area contributed by atoms with Crippen LogP contribution in [0.2, 0.25) is 5.02 Å². The Bertz CT molecular complexity index is 940. The number of thioether (sulfide) groups is 1. The summed E-state index contributed by atoms with van der Waals surface area (Å²) in [6.45, 7) is -0.0268. The van der Waals surface area contributed by atoms with E-state index in [9.17, 15) is 4.79 Å². The van der Waals surface area contributed by atoms with E-state index in [4.69, 9.17) is 21.3 Å². The van der Waals surface area contributed by atoms with E-state index < -0.39 is 0 Å². The summed E-state index contributed by atoms with van der Waals surface area (Å²) in [6, 6.07) is 18.1. The van der Waals surface area contributed by atoms with Gasteiger partial charge in [0.25, 0.3) is 5.22 Å². The third kappa shape index (κ3) is 4.42. The predicted molar refractivity (Wildman–Crippen MR) is 99.9 cm³/mol. The molecule has 0 unspecified atom stereocenters. The molecular weight excluding hydrogens is 372 g/mol. The van der Waals surface area contributed by atoms with Crippen LogP contribution < -0.4 is 4.90 Å². The summed E-state index contributed by atoms with van der Waals surface area (Å²) in [5, 5.41) is 17.7. The summed E-state index contributed by atoms with van der Waals surface area (Å²) in [4.78, 5) is 13.9. The molecule has 0 aliphatic rings. The molecule has 0 atom stereocenters. The van der Waals surface area contributed by atoms with Gasteiger partial charge >= 0.3 is 0 Å². The lowest BCUT2D eigenvalue weighted by molar-refractivity contribution is -0.116. The molecule has 0 fully saturated rings. The third-order valence-corrected chi connectivity index (χ3v) is 4.43. The molecule has 1 aromatic heterocycles. The monoisotopic (exact) mass is 384 g/mol. The topological polar surface area (TPSA) is 83.0 Å². The van der Waals surface area contributed by atoms with Crippen molar-refractivity contribution in [3.05, 3.63) is 59.6 Å². The molecule has 26 heavy (non-hydrogen) atoms. The Morgan fingerprint density at radius 3 is 2.73 bits per heavy atom. The van der Waals surface area contributed by atoms with Gasteiger partial charge in [-0.25, -0.2) is 0 Å². The van der Waals surface area contributed by atoms with E-state index in [0.717, 1.165) is 11.8 Å². The van der Waals surface area contributed by atoms with Gasteiger partial charge in [-0.1, -0.05) is 47.6 Å². The molecular formula is C18H13ClN4O2S. The summed E-state index contributed by atoms with van der Waals surface area (Å²) >= 11 is 7.08. The number of carbonyl (C=O) groups excluding carboxylic acids is 1. The van der Waals surface area contributed by atoms with E-state index in [0.29, 0.717) is 22.2 Å². The van der Waals surface area contributed by atoms with Crippen molar-refractivity contribution in [3.8, 4) is 17.5 Å². The van der Waals surface area contributed by atoms with E-state index >= 15 is 0 Å². The van der Waals surface area contributed by atoms with E-state index in [1.807, 2.05) is 30.3 Å². The second kappa shape index (κ2) is 8.52. The molecule has 1 amide bonds. The molecule has 0 radical (unpaired) electrons. The number of rotatable bonds is 6. The predicted octanol–water partition coefficient (Wildman–Crippen LogP) is 4.04. The fourth-order valence-electron chi connectivity index (χ4n) is 2.21. The van der Waals surface area contributed by atoms with Crippen LogP contribution in [0.25, 0.3) is 11.5 Å². The van der Waals surface area contributed by atoms with Crippen LogP contribution in [0.4, 0.5) is 5.69 Å². The standard InChI is InChI=1S/C18H13ClN4O2S/c19-14-6-4-5-13(11-14)17-21-22-18(25-17)26-12-16(24)23(10-9-20)15-7-2-1-3-8-15/h1-8,11H,10,12H2. The number of para-hydroxylation sites is 1. The van der Waals surface area contributed by atoms with Gasteiger partial charge in [0.15, 0.2) is 0 Å². The van der Waals surface area contributed by atoms with Crippen molar-refractivity contribution in [2.75, 3.05) is 17.2 Å². The minimum atomic E-state index is -0.217. The molecule has 0 bridgehead atoms. The first-order chi connectivity index (χ1) is 12.7. The molecule has 6 nitrogen and oxygen atoms in total. The van der Waals surface area contributed by atoms with Gasteiger partial charge in [0.05, 0.1) is 11.8 Å². The number of hydrogen-bond acceptors (Lipinski definition) is 6. The summed E-state index contributed by atoms with van der Waals surface area (Å²) in [5.74, 6) is 0.193. The fourth-order valence-corrected chi connectivity index (χ4v) is 3.04. The van der Waals surface area contributed by atoms with Crippen molar-refractivity contribution in [1.82, 2.24) is 10.2 Å². The average Bonchev–Trinajstić information content (AvgIpc) is 3.14. The lowest BCUT2D eigenvalue weighted by Crippen LogP contribution is -2.32. The zero-order valence-corrected chi connectivity index (χ0v) is 15.1. The zero-order valence-electron chi connectivity index (χ0n) is 13.5. The maximum absolute atomic E-state index is 12.5. The van der Waals surface area contributed by atoms with E-state index in [-0.39, 0.29) is 23.4 Å². The Kier molecular flexibility index (Phi) is 5.89. The highest BCUT2D eigenvalue weighted by Crippen LogP contribution is 2.25. The van der Waals surface area contributed by atoms with Crippen LogP contribution in [-0.2, 0) is 4.79 Å². The highest BCUT2D eigenvalue weighted by atomic mass is 35.5. The number of hydrogen-bond donors (Lipinski definition) is 0. The van der Waals surface area contributed by atoms with E-state index in [2.05, 4.69) is 10.2 Å². The quantitative estimate of drug-likeness (QED) is 0.471. The number of aromatic nitrogens is 2. The molecule has 2 aromatic carbocycles. The van der Waals surface area contributed by atoms with Crippen molar-refractivity contribution in [2.45, 2.75) is 5.22 Å². The molecule has 130 valence electrons. The number of amides is 1. The number of nitrogens with zero attached hydrogens (tertiary/aromatic N) is 4. The number of halogens is 1. The van der Waals surface area contributed by atoms with Crippen LogP contribution in [0.3, 0.4) is 0 Å². The van der Waals surface area contributed by atoms with Crippen molar-refractivity contribution < 1.29 is 9.21 Å². The smallest absolute Gasteiger partial charge is 0.277 e. The normalized spacial score (nSPS) is 10.3. The molecule has 0 N–H and O–H groups in total. The van der Waals surface area contributed by atoms with Crippen molar-refractivity contribution in [1.29, 1.82) is 5.26 Å². The maximum atomic E-state index is 12.5. The Morgan fingerprint density at radius 2 is 2.00 bits per heavy atom. The van der Waals surface area contributed by atoms with Crippen molar-refractivity contribution in [2.24, 2.45) is 0 Å². The van der Waals surface area contributed by atoms with Crippen LogP contribution in [0.5, 0.6) is 0 Å². The Hall–Kier alpha value is -2.82. The summed E-state index contributed by atoms with van der Waals surface area (Å²) < 4.78 is 5.57. The van der Waals surface area contributed by atoms with Crippen LogP contribution >= 0.6 is 23.4 Å². The van der Waals surface area contributed by atoms with Gasteiger partial charge in [-0.15, -0.1) is 10.2 Å². The van der Waals surface area contributed by atoms with E-state index in [1.54, 1.807) is 30.3 Å². The van der Waals surface area contributed by atoms with Gasteiger partial charge in [0, 0.05) is 16.3 Å². The molecule has 3 aromatic rings. The second-order valence-corrected chi connectivity index (χ2v) is 6.51. The zero-order chi connectivity index (χ0) is 18.4. The number of nitriles is 1. The molecule has 0 aliphatic heterocycles. The third-order valence-electron chi connectivity index (χ3n) is 3.39. The highest BCUT2D eigenvalue weighted by Gasteiger charge is 2.17.